The van der Waals surface area contributed by atoms with Crippen molar-refractivity contribution >= 4 is 34.5 Å². The van der Waals surface area contributed by atoms with Crippen LogP contribution in [0.15, 0.2) is 52.8 Å². The average Bonchev–Trinajstić information content (AvgIpc) is 3.39. The zero-order valence-electron chi connectivity index (χ0n) is 18.5. The summed E-state index contributed by atoms with van der Waals surface area (Å²) in [5, 5.41) is 4.99. The molecule has 2 amide bonds. The molecule has 0 aliphatic carbocycles. The molecule has 0 bridgehead atoms. The first-order chi connectivity index (χ1) is 16.1. The van der Waals surface area contributed by atoms with E-state index < -0.39 is 0 Å². The standard InChI is InChI=1S/C25H26N4O3S/c1-17-5-2-6-19(13-17)26-25-29(12-4-11-28-10-3-7-24(28)31)21(16-33-25)18-8-9-22-20(14-18)27-23(30)15-32-22/h2,5-6,8-9,13-14,16H,3-4,7,10-12,15H2,1H3,(H,27,30). The Morgan fingerprint density at radius 3 is 2.88 bits per heavy atom. The molecule has 170 valence electrons. The Labute approximate surface area is 196 Å². The third-order valence-electron chi connectivity index (χ3n) is 5.91. The van der Waals surface area contributed by atoms with Gasteiger partial charge in [0.05, 0.1) is 17.1 Å². The van der Waals surface area contributed by atoms with Gasteiger partial charge in [-0.05, 0) is 55.7 Å². The Hall–Kier alpha value is -3.39. The number of likely N-dealkylation sites (tertiary alicyclic amines) is 1. The van der Waals surface area contributed by atoms with E-state index in [1.54, 1.807) is 11.3 Å². The number of aromatic nitrogens is 1. The van der Waals surface area contributed by atoms with Crippen molar-refractivity contribution in [3.8, 4) is 17.0 Å². The van der Waals surface area contributed by atoms with E-state index in [2.05, 4.69) is 34.3 Å². The van der Waals surface area contributed by atoms with E-state index in [4.69, 9.17) is 9.73 Å². The van der Waals surface area contributed by atoms with Crippen LogP contribution >= 0.6 is 11.3 Å². The predicted octanol–water partition coefficient (Wildman–Crippen LogP) is 4.10. The van der Waals surface area contributed by atoms with Gasteiger partial charge >= 0.3 is 0 Å². The molecule has 1 fully saturated rings. The highest BCUT2D eigenvalue weighted by atomic mass is 32.1. The normalized spacial score (nSPS) is 16.0. The van der Waals surface area contributed by atoms with E-state index in [1.807, 2.05) is 35.2 Å². The maximum absolute atomic E-state index is 12.0. The lowest BCUT2D eigenvalue weighted by Crippen LogP contribution is -2.27. The van der Waals surface area contributed by atoms with Crippen molar-refractivity contribution in [1.29, 1.82) is 0 Å². The number of amides is 2. The molecule has 2 aromatic carbocycles. The Kier molecular flexibility index (Phi) is 6.00. The number of ether oxygens (including phenoxy) is 1. The van der Waals surface area contributed by atoms with E-state index in [0.29, 0.717) is 17.9 Å². The van der Waals surface area contributed by atoms with Crippen LogP contribution in [0.25, 0.3) is 11.3 Å². The number of nitrogens with zero attached hydrogens (tertiary/aromatic N) is 3. The average molecular weight is 463 g/mol. The van der Waals surface area contributed by atoms with E-state index >= 15 is 0 Å². The molecule has 1 aromatic heterocycles. The summed E-state index contributed by atoms with van der Waals surface area (Å²) < 4.78 is 7.72. The highest BCUT2D eigenvalue weighted by Crippen LogP contribution is 2.33. The van der Waals surface area contributed by atoms with Crippen LogP contribution in [0.2, 0.25) is 0 Å². The molecule has 2 aliphatic rings. The molecule has 0 atom stereocenters. The summed E-state index contributed by atoms with van der Waals surface area (Å²) in [4.78, 5) is 31.6. The van der Waals surface area contributed by atoms with Crippen molar-refractivity contribution in [2.24, 2.45) is 4.99 Å². The maximum Gasteiger partial charge on any atom is 0.262 e. The molecule has 7 nitrogen and oxygen atoms in total. The zero-order chi connectivity index (χ0) is 22.8. The van der Waals surface area contributed by atoms with Gasteiger partial charge < -0.3 is 19.5 Å². The van der Waals surface area contributed by atoms with Crippen molar-refractivity contribution in [1.82, 2.24) is 9.47 Å². The SMILES string of the molecule is Cc1cccc(N=c2scc(-c3ccc4c(c3)NC(=O)CO4)n2CCCN2CCCC2=O)c1. The van der Waals surface area contributed by atoms with Crippen LogP contribution in [-0.2, 0) is 16.1 Å². The Balaban J connectivity index is 1.49. The van der Waals surface area contributed by atoms with Crippen LogP contribution in [0.5, 0.6) is 5.75 Å². The molecule has 0 saturated carbocycles. The molecular formula is C25H26N4O3S. The molecule has 1 saturated heterocycles. The largest absolute Gasteiger partial charge is 0.482 e. The molecule has 1 N–H and O–H groups in total. The summed E-state index contributed by atoms with van der Waals surface area (Å²) in [6, 6.07) is 14.0. The van der Waals surface area contributed by atoms with E-state index in [-0.39, 0.29) is 18.4 Å². The van der Waals surface area contributed by atoms with Gasteiger partial charge in [0.2, 0.25) is 5.91 Å². The second kappa shape index (κ2) is 9.23. The number of rotatable bonds is 6. The minimum Gasteiger partial charge on any atom is -0.482 e. The fourth-order valence-corrected chi connectivity index (χ4v) is 5.23. The van der Waals surface area contributed by atoms with Crippen LogP contribution in [-0.4, -0.2) is 41.0 Å². The number of aryl methyl sites for hydroxylation is 1. The third kappa shape index (κ3) is 4.71. The predicted molar refractivity (Wildman–Crippen MR) is 129 cm³/mol. The van der Waals surface area contributed by atoms with Crippen molar-refractivity contribution in [3.63, 3.8) is 0 Å². The number of carbonyl (C=O) groups excluding carboxylic acids is 2. The van der Waals surface area contributed by atoms with Gasteiger partial charge in [0.1, 0.15) is 5.75 Å². The molecule has 8 heteroatoms. The second-order valence-electron chi connectivity index (χ2n) is 8.39. The fourth-order valence-electron chi connectivity index (χ4n) is 4.28. The molecule has 5 rings (SSSR count). The zero-order valence-corrected chi connectivity index (χ0v) is 19.4. The highest BCUT2D eigenvalue weighted by molar-refractivity contribution is 7.07. The van der Waals surface area contributed by atoms with Crippen molar-refractivity contribution in [2.75, 3.05) is 25.0 Å². The van der Waals surface area contributed by atoms with Crippen molar-refractivity contribution in [2.45, 2.75) is 32.7 Å². The minimum absolute atomic E-state index is 0.0412. The number of anilines is 1. The van der Waals surface area contributed by atoms with E-state index in [0.717, 1.165) is 59.8 Å². The molecule has 3 aromatic rings. The van der Waals surface area contributed by atoms with Crippen LogP contribution in [0.1, 0.15) is 24.8 Å². The Morgan fingerprint density at radius 2 is 2.06 bits per heavy atom. The Morgan fingerprint density at radius 1 is 1.15 bits per heavy atom. The molecule has 0 radical (unpaired) electrons. The van der Waals surface area contributed by atoms with E-state index in [9.17, 15) is 9.59 Å². The monoisotopic (exact) mass is 462 g/mol. The molecule has 2 aliphatic heterocycles. The number of benzene rings is 2. The fraction of sp³-hybridized carbons (Fsp3) is 0.320. The van der Waals surface area contributed by atoms with Gasteiger partial charge in [-0.25, -0.2) is 4.99 Å². The van der Waals surface area contributed by atoms with Crippen molar-refractivity contribution < 1.29 is 14.3 Å². The first-order valence-corrected chi connectivity index (χ1v) is 12.1. The second-order valence-corrected chi connectivity index (χ2v) is 9.23. The lowest BCUT2D eigenvalue weighted by Gasteiger charge is -2.19. The quantitative estimate of drug-likeness (QED) is 0.599. The van der Waals surface area contributed by atoms with Gasteiger partial charge in [-0.1, -0.05) is 12.1 Å². The summed E-state index contributed by atoms with van der Waals surface area (Å²) in [6.07, 6.45) is 2.46. The number of nitrogens with one attached hydrogen (secondary N) is 1. The van der Waals surface area contributed by atoms with Crippen LogP contribution in [0, 0.1) is 6.92 Å². The van der Waals surface area contributed by atoms with Gasteiger partial charge in [0.15, 0.2) is 11.4 Å². The summed E-state index contributed by atoms with van der Waals surface area (Å²) in [5.74, 6) is 0.779. The van der Waals surface area contributed by atoms with E-state index in [1.165, 1.54) is 0 Å². The number of hydrogen-bond acceptors (Lipinski definition) is 5. The van der Waals surface area contributed by atoms with Crippen LogP contribution in [0.3, 0.4) is 0 Å². The van der Waals surface area contributed by atoms with Crippen LogP contribution in [0.4, 0.5) is 11.4 Å². The lowest BCUT2D eigenvalue weighted by atomic mass is 10.1. The number of fused-ring (bicyclic) bond motifs is 1. The number of thiazole rings is 1. The van der Waals surface area contributed by atoms with Gasteiger partial charge in [-0.3, -0.25) is 9.59 Å². The maximum atomic E-state index is 12.0. The number of carbonyl (C=O) groups is 2. The molecule has 0 unspecified atom stereocenters. The summed E-state index contributed by atoms with van der Waals surface area (Å²) in [6.45, 7) is 4.44. The van der Waals surface area contributed by atoms with Gasteiger partial charge in [0, 0.05) is 37.0 Å². The molecule has 0 spiro atoms. The third-order valence-corrected chi connectivity index (χ3v) is 6.78. The molecular weight excluding hydrogens is 436 g/mol. The topological polar surface area (TPSA) is 75.9 Å². The molecule has 3 heterocycles. The number of hydrogen-bond donors (Lipinski definition) is 1. The lowest BCUT2D eigenvalue weighted by molar-refractivity contribution is -0.127. The highest BCUT2D eigenvalue weighted by Gasteiger charge is 2.20. The molecule has 33 heavy (non-hydrogen) atoms. The van der Waals surface area contributed by atoms with Gasteiger partial charge in [0.25, 0.3) is 5.91 Å². The summed E-state index contributed by atoms with van der Waals surface area (Å²) >= 11 is 1.59. The Bertz CT molecular complexity index is 1280. The first kappa shape index (κ1) is 21.5. The summed E-state index contributed by atoms with van der Waals surface area (Å²) in [7, 11) is 0. The van der Waals surface area contributed by atoms with Crippen LogP contribution < -0.4 is 14.9 Å². The summed E-state index contributed by atoms with van der Waals surface area (Å²) in [5.41, 5.74) is 4.78. The smallest absolute Gasteiger partial charge is 0.262 e. The first-order valence-electron chi connectivity index (χ1n) is 11.2. The minimum atomic E-state index is -0.150. The van der Waals surface area contributed by atoms with Gasteiger partial charge in [-0.15, -0.1) is 11.3 Å². The van der Waals surface area contributed by atoms with Gasteiger partial charge in [-0.2, -0.15) is 0 Å². The van der Waals surface area contributed by atoms with Crippen molar-refractivity contribution in [3.05, 3.63) is 58.2 Å².